The maximum absolute atomic E-state index is 11.4. The summed E-state index contributed by atoms with van der Waals surface area (Å²) in [6.07, 6.45) is 11.0. The Bertz CT molecular complexity index is 414. The Hall–Kier alpha value is -1.32. The topological polar surface area (TPSA) is 55.1 Å². The molecule has 0 saturated heterocycles. The first-order valence-corrected chi connectivity index (χ1v) is 7.45. The van der Waals surface area contributed by atoms with Crippen LogP contribution in [0.4, 0.5) is 0 Å². The predicted molar refractivity (Wildman–Crippen MR) is 73.9 cm³/mol. The van der Waals surface area contributed by atoms with E-state index in [0.717, 1.165) is 50.9 Å². The average Bonchev–Trinajstić information content (AvgIpc) is 2.67. The van der Waals surface area contributed by atoms with Crippen LogP contribution in [0.3, 0.4) is 0 Å². The summed E-state index contributed by atoms with van der Waals surface area (Å²) in [5.74, 6) is 0.493. The van der Waals surface area contributed by atoms with Gasteiger partial charge >= 0.3 is 5.97 Å². The molecule has 1 aromatic heterocycles. The van der Waals surface area contributed by atoms with Gasteiger partial charge in [0.05, 0.1) is 5.92 Å². The molecular weight excluding hydrogens is 240 g/mol. The molecule has 2 atom stereocenters. The van der Waals surface area contributed by atoms with Crippen LogP contribution in [0.2, 0.25) is 0 Å². The Labute approximate surface area is 114 Å². The van der Waals surface area contributed by atoms with Crippen molar-refractivity contribution in [1.29, 1.82) is 0 Å². The van der Waals surface area contributed by atoms with Crippen LogP contribution in [0.25, 0.3) is 0 Å². The highest BCUT2D eigenvalue weighted by Gasteiger charge is 2.30. The fraction of sp³-hybridized carbons (Fsp3) is 0.733. The van der Waals surface area contributed by atoms with Crippen molar-refractivity contribution in [2.75, 3.05) is 0 Å². The second kappa shape index (κ2) is 6.73. The van der Waals surface area contributed by atoms with Crippen LogP contribution >= 0.6 is 0 Å². The van der Waals surface area contributed by atoms with Crippen molar-refractivity contribution >= 4 is 5.97 Å². The van der Waals surface area contributed by atoms with Gasteiger partial charge in [-0.25, -0.2) is 4.98 Å². The first-order valence-electron chi connectivity index (χ1n) is 7.45. The summed E-state index contributed by atoms with van der Waals surface area (Å²) in [4.78, 5) is 15.9. The highest BCUT2D eigenvalue weighted by atomic mass is 16.4. The lowest BCUT2D eigenvalue weighted by Crippen LogP contribution is -2.25. The van der Waals surface area contributed by atoms with Crippen molar-refractivity contribution in [1.82, 2.24) is 9.55 Å². The van der Waals surface area contributed by atoms with Crippen molar-refractivity contribution < 1.29 is 9.90 Å². The number of aryl methyl sites for hydroxylation is 1. The number of carbonyl (C=O) groups is 1. The van der Waals surface area contributed by atoms with Gasteiger partial charge in [0.2, 0.25) is 0 Å². The lowest BCUT2D eigenvalue weighted by atomic mass is 9.85. The molecular formula is C15H24N2O2. The molecule has 0 bridgehead atoms. The Kier molecular flexibility index (Phi) is 5.00. The van der Waals surface area contributed by atoms with Crippen LogP contribution in [0.15, 0.2) is 12.4 Å². The number of nitrogens with zero attached hydrogens (tertiary/aromatic N) is 2. The molecule has 0 radical (unpaired) electrons. The fourth-order valence-electron chi connectivity index (χ4n) is 3.16. The van der Waals surface area contributed by atoms with Gasteiger partial charge in [0.25, 0.3) is 0 Å². The number of aliphatic carboxylic acids is 1. The second-order valence-corrected chi connectivity index (χ2v) is 5.58. The third-order valence-electron chi connectivity index (χ3n) is 4.19. The molecule has 1 aliphatic carbocycles. The van der Waals surface area contributed by atoms with Crippen LogP contribution in [-0.4, -0.2) is 20.6 Å². The predicted octanol–water partition coefficient (Wildman–Crippen LogP) is 3.12. The second-order valence-electron chi connectivity index (χ2n) is 5.58. The SMILES string of the molecule is CCCn1ccnc1CC1CCCCCC1C(=O)O. The van der Waals surface area contributed by atoms with E-state index >= 15 is 0 Å². The minimum atomic E-state index is -0.625. The molecule has 1 aliphatic rings. The summed E-state index contributed by atoms with van der Waals surface area (Å²) in [6.45, 7) is 3.12. The van der Waals surface area contributed by atoms with Gasteiger partial charge in [0, 0.05) is 25.4 Å². The zero-order chi connectivity index (χ0) is 13.7. The monoisotopic (exact) mass is 264 g/mol. The van der Waals surface area contributed by atoms with Crippen molar-refractivity contribution in [3.8, 4) is 0 Å². The van der Waals surface area contributed by atoms with Crippen LogP contribution in [-0.2, 0) is 17.8 Å². The Morgan fingerprint density at radius 3 is 2.95 bits per heavy atom. The molecule has 1 heterocycles. The van der Waals surface area contributed by atoms with E-state index < -0.39 is 5.97 Å². The molecule has 106 valence electrons. The standard InChI is InChI=1S/C15H24N2O2/c1-2-9-17-10-8-16-14(17)11-12-6-4-3-5-7-13(12)15(18)19/h8,10,12-13H,2-7,9,11H2,1H3,(H,18,19). The van der Waals surface area contributed by atoms with Crippen LogP contribution in [0.1, 0.15) is 51.3 Å². The van der Waals surface area contributed by atoms with Gasteiger partial charge in [-0.1, -0.05) is 26.2 Å². The zero-order valence-electron chi connectivity index (χ0n) is 11.7. The van der Waals surface area contributed by atoms with E-state index in [0.29, 0.717) is 0 Å². The molecule has 1 saturated carbocycles. The lowest BCUT2D eigenvalue weighted by Gasteiger charge is -2.21. The zero-order valence-corrected chi connectivity index (χ0v) is 11.7. The Morgan fingerprint density at radius 2 is 2.21 bits per heavy atom. The molecule has 19 heavy (non-hydrogen) atoms. The van der Waals surface area contributed by atoms with E-state index in [4.69, 9.17) is 0 Å². The van der Waals surface area contributed by atoms with Gasteiger partial charge in [-0.05, 0) is 25.2 Å². The largest absolute Gasteiger partial charge is 0.481 e. The number of imidazole rings is 1. The number of aromatic nitrogens is 2. The smallest absolute Gasteiger partial charge is 0.306 e. The number of carboxylic acids is 1. The Balaban J connectivity index is 2.09. The number of rotatable bonds is 5. The normalized spacial score (nSPS) is 24.1. The van der Waals surface area contributed by atoms with Crippen molar-refractivity contribution in [3.63, 3.8) is 0 Å². The van der Waals surface area contributed by atoms with Gasteiger partial charge < -0.3 is 9.67 Å². The maximum Gasteiger partial charge on any atom is 0.306 e. The molecule has 1 N–H and O–H groups in total. The summed E-state index contributed by atoms with van der Waals surface area (Å²) in [6, 6.07) is 0. The maximum atomic E-state index is 11.4. The van der Waals surface area contributed by atoms with E-state index in [-0.39, 0.29) is 11.8 Å². The van der Waals surface area contributed by atoms with Gasteiger partial charge in [0.15, 0.2) is 0 Å². The molecule has 0 spiro atoms. The van der Waals surface area contributed by atoms with Gasteiger partial charge in [-0.15, -0.1) is 0 Å². The fourth-order valence-corrected chi connectivity index (χ4v) is 3.16. The Morgan fingerprint density at radius 1 is 1.42 bits per heavy atom. The molecule has 2 unspecified atom stereocenters. The van der Waals surface area contributed by atoms with Gasteiger partial charge in [-0.2, -0.15) is 0 Å². The molecule has 4 heteroatoms. The molecule has 0 aliphatic heterocycles. The van der Waals surface area contributed by atoms with E-state index in [1.807, 2.05) is 12.4 Å². The number of hydrogen-bond acceptors (Lipinski definition) is 2. The quantitative estimate of drug-likeness (QED) is 0.831. The molecule has 0 amide bonds. The first kappa shape index (κ1) is 14.1. The van der Waals surface area contributed by atoms with Crippen LogP contribution < -0.4 is 0 Å². The highest BCUT2D eigenvalue weighted by Crippen LogP contribution is 2.31. The minimum Gasteiger partial charge on any atom is -0.481 e. The molecule has 1 aromatic rings. The number of carboxylic acid groups (broad SMARTS) is 1. The van der Waals surface area contributed by atoms with Crippen LogP contribution in [0, 0.1) is 11.8 Å². The van der Waals surface area contributed by atoms with Crippen LogP contribution in [0.5, 0.6) is 0 Å². The first-order chi connectivity index (χ1) is 9.22. The van der Waals surface area contributed by atoms with Gasteiger partial charge in [-0.3, -0.25) is 4.79 Å². The van der Waals surface area contributed by atoms with Crippen molar-refractivity contribution in [2.45, 2.75) is 58.4 Å². The third-order valence-corrected chi connectivity index (χ3v) is 4.19. The average molecular weight is 264 g/mol. The summed E-state index contributed by atoms with van der Waals surface area (Å²) in [5, 5.41) is 9.41. The molecule has 4 nitrogen and oxygen atoms in total. The highest BCUT2D eigenvalue weighted by molar-refractivity contribution is 5.70. The summed E-state index contributed by atoms with van der Waals surface area (Å²) < 4.78 is 2.17. The molecule has 2 rings (SSSR count). The number of hydrogen-bond donors (Lipinski definition) is 1. The van der Waals surface area contributed by atoms with Crippen molar-refractivity contribution in [2.24, 2.45) is 11.8 Å². The van der Waals surface area contributed by atoms with Gasteiger partial charge in [0.1, 0.15) is 5.82 Å². The summed E-state index contributed by atoms with van der Waals surface area (Å²) in [7, 11) is 0. The minimum absolute atomic E-state index is 0.186. The van der Waals surface area contributed by atoms with E-state index in [1.54, 1.807) is 0 Å². The summed E-state index contributed by atoms with van der Waals surface area (Å²) in [5.41, 5.74) is 0. The molecule has 0 aromatic carbocycles. The lowest BCUT2D eigenvalue weighted by molar-refractivity contribution is -0.143. The summed E-state index contributed by atoms with van der Waals surface area (Å²) >= 11 is 0. The molecule has 1 fully saturated rings. The van der Waals surface area contributed by atoms with Crippen molar-refractivity contribution in [3.05, 3.63) is 18.2 Å². The van der Waals surface area contributed by atoms with E-state index in [9.17, 15) is 9.90 Å². The van der Waals surface area contributed by atoms with E-state index in [1.165, 1.54) is 6.42 Å². The van der Waals surface area contributed by atoms with E-state index in [2.05, 4.69) is 16.5 Å². The third kappa shape index (κ3) is 3.58.